The van der Waals surface area contributed by atoms with Crippen LogP contribution in [0.15, 0.2) is 12.3 Å². The molecular formula is C11H14N4O3. The Bertz CT molecular complexity index is 511. The zero-order valence-corrected chi connectivity index (χ0v) is 10.2. The van der Waals surface area contributed by atoms with Gasteiger partial charge in [0.1, 0.15) is 12.0 Å². The summed E-state index contributed by atoms with van der Waals surface area (Å²) in [5.41, 5.74) is -0.174. The molecule has 0 spiro atoms. The normalized spacial score (nSPS) is 15.9. The zero-order chi connectivity index (χ0) is 13.3. The van der Waals surface area contributed by atoms with Crippen molar-refractivity contribution in [2.45, 2.75) is 25.3 Å². The summed E-state index contributed by atoms with van der Waals surface area (Å²) in [6.07, 6.45) is 2.98. The van der Waals surface area contributed by atoms with Crippen LogP contribution in [0.1, 0.15) is 30.1 Å². The van der Waals surface area contributed by atoms with Gasteiger partial charge in [0.2, 0.25) is 0 Å². The highest BCUT2D eigenvalue weighted by Gasteiger charge is 2.39. The molecule has 2 rings (SSSR count). The highest BCUT2D eigenvalue weighted by molar-refractivity contribution is 5.99. The Balaban J connectivity index is 2.31. The number of rotatable bonds is 4. The Kier molecular flexibility index (Phi) is 2.90. The summed E-state index contributed by atoms with van der Waals surface area (Å²) in [5, 5.41) is 16.3. The molecule has 0 atom stereocenters. The molecule has 0 aliphatic heterocycles. The van der Waals surface area contributed by atoms with Crippen molar-refractivity contribution in [3.8, 4) is 0 Å². The van der Waals surface area contributed by atoms with Gasteiger partial charge >= 0.3 is 0 Å². The fourth-order valence-corrected chi connectivity index (χ4v) is 1.58. The maximum atomic E-state index is 12.0. The first-order valence-corrected chi connectivity index (χ1v) is 5.60. The molecule has 0 unspecified atom stereocenters. The van der Waals surface area contributed by atoms with Crippen molar-refractivity contribution in [3.05, 3.63) is 27.9 Å². The Morgan fingerprint density at radius 3 is 2.72 bits per heavy atom. The maximum Gasteiger partial charge on any atom is 0.288 e. The quantitative estimate of drug-likeness (QED) is 0.620. The molecule has 2 N–H and O–H groups in total. The summed E-state index contributed by atoms with van der Waals surface area (Å²) in [6, 6.07) is 1.24. The van der Waals surface area contributed by atoms with E-state index in [1.165, 1.54) is 6.07 Å². The molecule has 1 saturated carbocycles. The van der Waals surface area contributed by atoms with Crippen LogP contribution in [0.5, 0.6) is 0 Å². The van der Waals surface area contributed by atoms with Gasteiger partial charge in [-0.15, -0.1) is 0 Å². The van der Waals surface area contributed by atoms with Crippen molar-refractivity contribution in [1.29, 1.82) is 0 Å². The summed E-state index contributed by atoms with van der Waals surface area (Å²) >= 11 is 0. The topological polar surface area (TPSA) is 97.2 Å². The van der Waals surface area contributed by atoms with E-state index in [-0.39, 0.29) is 22.7 Å². The molecule has 7 heteroatoms. The number of amides is 1. The van der Waals surface area contributed by atoms with Crippen LogP contribution in [0.3, 0.4) is 0 Å². The van der Waals surface area contributed by atoms with Crippen molar-refractivity contribution in [1.82, 2.24) is 10.3 Å². The molecule has 0 bridgehead atoms. The number of aromatic nitrogens is 1. The lowest BCUT2D eigenvalue weighted by Gasteiger charge is -2.13. The lowest BCUT2D eigenvalue weighted by molar-refractivity contribution is -0.385. The minimum absolute atomic E-state index is 0.174. The second kappa shape index (κ2) is 4.25. The summed E-state index contributed by atoms with van der Waals surface area (Å²) < 4.78 is 0. The Morgan fingerprint density at radius 1 is 1.56 bits per heavy atom. The van der Waals surface area contributed by atoms with Crippen molar-refractivity contribution in [2.75, 3.05) is 12.4 Å². The minimum Gasteiger partial charge on any atom is -0.372 e. The van der Waals surface area contributed by atoms with E-state index >= 15 is 0 Å². The van der Waals surface area contributed by atoms with Gasteiger partial charge in [-0.3, -0.25) is 14.9 Å². The third-order valence-corrected chi connectivity index (χ3v) is 2.98. The molecule has 1 aliphatic carbocycles. The van der Waals surface area contributed by atoms with E-state index in [0.29, 0.717) is 5.82 Å². The van der Waals surface area contributed by atoms with E-state index in [2.05, 4.69) is 15.6 Å². The molecule has 1 aliphatic rings. The molecule has 1 aromatic rings. The van der Waals surface area contributed by atoms with Crippen LogP contribution in [0.25, 0.3) is 0 Å². The molecule has 1 aromatic heterocycles. The van der Waals surface area contributed by atoms with Gasteiger partial charge in [-0.1, -0.05) is 0 Å². The second-order valence-corrected chi connectivity index (χ2v) is 4.61. The lowest BCUT2D eigenvalue weighted by atomic mass is 10.2. The number of carbonyl (C=O) groups excluding carboxylic acids is 1. The minimum atomic E-state index is -0.567. The predicted molar refractivity (Wildman–Crippen MR) is 65.5 cm³/mol. The van der Waals surface area contributed by atoms with Crippen molar-refractivity contribution in [2.24, 2.45) is 0 Å². The van der Waals surface area contributed by atoms with E-state index in [0.717, 1.165) is 19.0 Å². The summed E-state index contributed by atoms with van der Waals surface area (Å²) in [5.74, 6) is -0.00194. The van der Waals surface area contributed by atoms with E-state index in [9.17, 15) is 14.9 Å². The second-order valence-electron chi connectivity index (χ2n) is 4.61. The van der Waals surface area contributed by atoms with E-state index in [4.69, 9.17) is 0 Å². The largest absolute Gasteiger partial charge is 0.372 e. The first-order valence-electron chi connectivity index (χ1n) is 5.60. The number of anilines is 1. The van der Waals surface area contributed by atoms with E-state index in [1.807, 2.05) is 6.92 Å². The van der Waals surface area contributed by atoms with Gasteiger partial charge in [-0.05, 0) is 19.8 Å². The van der Waals surface area contributed by atoms with Gasteiger partial charge < -0.3 is 10.6 Å². The number of nitro groups is 1. The number of hydrogen-bond acceptors (Lipinski definition) is 5. The number of nitrogens with zero attached hydrogens (tertiary/aromatic N) is 2. The Labute approximate surface area is 104 Å². The van der Waals surface area contributed by atoms with Gasteiger partial charge in [0.05, 0.1) is 10.5 Å². The van der Waals surface area contributed by atoms with Gasteiger partial charge in [-0.25, -0.2) is 4.98 Å². The first-order chi connectivity index (χ1) is 8.45. The number of hydrogen-bond donors (Lipinski definition) is 2. The summed E-state index contributed by atoms with van der Waals surface area (Å²) in [6.45, 7) is 1.94. The van der Waals surface area contributed by atoms with Crippen LogP contribution in [-0.2, 0) is 0 Å². The molecule has 0 aromatic carbocycles. The zero-order valence-electron chi connectivity index (χ0n) is 10.2. The molecule has 1 heterocycles. The SMILES string of the molecule is CNc1ncc([N+](=O)[O-])cc1C(=O)NC1(C)CC1. The molecule has 0 saturated heterocycles. The maximum absolute atomic E-state index is 12.0. The summed E-state index contributed by atoms with van der Waals surface area (Å²) in [4.78, 5) is 26.0. The summed E-state index contributed by atoms with van der Waals surface area (Å²) in [7, 11) is 1.61. The smallest absolute Gasteiger partial charge is 0.288 e. The fourth-order valence-electron chi connectivity index (χ4n) is 1.58. The average Bonchev–Trinajstić information content (AvgIpc) is 3.05. The Hall–Kier alpha value is -2.18. The number of nitrogens with one attached hydrogen (secondary N) is 2. The lowest BCUT2D eigenvalue weighted by Crippen LogP contribution is -2.34. The predicted octanol–water partition coefficient (Wildman–Crippen LogP) is 1.31. The first kappa shape index (κ1) is 12.3. The van der Waals surface area contributed by atoms with Gasteiger partial charge in [0, 0.05) is 18.7 Å². The average molecular weight is 250 g/mol. The van der Waals surface area contributed by atoms with Crippen LogP contribution in [-0.4, -0.2) is 28.4 Å². The van der Waals surface area contributed by atoms with Crippen LogP contribution in [0.4, 0.5) is 11.5 Å². The number of carbonyl (C=O) groups is 1. The molecule has 18 heavy (non-hydrogen) atoms. The van der Waals surface area contributed by atoms with Crippen LogP contribution < -0.4 is 10.6 Å². The highest BCUT2D eigenvalue weighted by atomic mass is 16.6. The molecule has 1 amide bonds. The van der Waals surface area contributed by atoms with Crippen LogP contribution >= 0.6 is 0 Å². The van der Waals surface area contributed by atoms with E-state index in [1.54, 1.807) is 7.05 Å². The van der Waals surface area contributed by atoms with Crippen molar-refractivity contribution < 1.29 is 9.72 Å². The third kappa shape index (κ3) is 2.39. The molecule has 1 fully saturated rings. The molecule has 7 nitrogen and oxygen atoms in total. The van der Waals surface area contributed by atoms with Gasteiger partial charge in [0.25, 0.3) is 11.6 Å². The fraction of sp³-hybridized carbons (Fsp3) is 0.455. The van der Waals surface area contributed by atoms with Gasteiger partial charge in [0.15, 0.2) is 0 Å². The standard InChI is InChI=1S/C11H14N4O3/c1-11(3-4-11)14-10(16)8-5-7(15(17)18)6-13-9(8)12-2/h5-6H,3-4H2,1-2H3,(H,12,13)(H,14,16). The van der Waals surface area contributed by atoms with Gasteiger partial charge in [-0.2, -0.15) is 0 Å². The molecule has 0 radical (unpaired) electrons. The van der Waals surface area contributed by atoms with E-state index < -0.39 is 4.92 Å². The highest BCUT2D eigenvalue weighted by Crippen LogP contribution is 2.35. The van der Waals surface area contributed by atoms with Crippen molar-refractivity contribution in [3.63, 3.8) is 0 Å². The number of pyridine rings is 1. The molecule has 96 valence electrons. The van der Waals surface area contributed by atoms with Crippen LogP contribution in [0.2, 0.25) is 0 Å². The Morgan fingerprint density at radius 2 is 2.22 bits per heavy atom. The molecular weight excluding hydrogens is 236 g/mol. The van der Waals surface area contributed by atoms with Crippen molar-refractivity contribution >= 4 is 17.4 Å². The monoisotopic (exact) mass is 250 g/mol. The van der Waals surface area contributed by atoms with Crippen LogP contribution in [0, 0.1) is 10.1 Å². The third-order valence-electron chi connectivity index (χ3n) is 2.98.